The molecule has 0 fully saturated rings. The first kappa shape index (κ1) is 15.5. The molecule has 1 amide bonds. The van der Waals surface area contributed by atoms with Crippen molar-refractivity contribution in [1.29, 1.82) is 0 Å². The maximum atomic E-state index is 13.4. The number of benzene rings is 2. The summed E-state index contributed by atoms with van der Waals surface area (Å²) in [7, 11) is -1.85. The van der Waals surface area contributed by atoms with Crippen LogP contribution < -0.4 is 10.8 Å². The molecule has 0 aromatic heterocycles. The Morgan fingerprint density at radius 3 is 2.57 bits per heavy atom. The molecular formula is C14H12BClFNO3. The van der Waals surface area contributed by atoms with Gasteiger partial charge >= 0.3 is 7.12 Å². The Hall–Kier alpha value is -1.89. The van der Waals surface area contributed by atoms with Crippen molar-refractivity contribution in [3.63, 3.8) is 0 Å². The van der Waals surface area contributed by atoms with E-state index in [4.69, 9.17) is 21.6 Å². The van der Waals surface area contributed by atoms with Gasteiger partial charge in [-0.1, -0.05) is 17.7 Å². The summed E-state index contributed by atoms with van der Waals surface area (Å²) in [5.41, 5.74) is 1.22. The highest BCUT2D eigenvalue weighted by molar-refractivity contribution is 6.58. The van der Waals surface area contributed by atoms with E-state index in [2.05, 4.69) is 5.32 Å². The summed E-state index contributed by atoms with van der Waals surface area (Å²) in [6.45, 7) is 1.83. The zero-order chi connectivity index (χ0) is 15.6. The molecule has 7 heteroatoms. The molecule has 0 saturated heterocycles. The molecular weight excluding hydrogens is 295 g/mol. The maximum Gasteiger partial charge on any atom is 0.488 e. The first-order chi connectivity index (χ1) is 9.86. The fourth-order valence-corrected chi connectivity index (χ4v) is 1.95. The summed E-state index contributed by atoms with van der Waals surface area (Å²) in [6, 6.07) is 8.16. The third kappa shape index (κ3) is 3.82. The summed E-state index contributed by atoms with van der Waals surface area (Å²) in [5, 5.41) is 21.2. The standard InChI is InChI=1S/C14H12BClFNO3/c1-8-2-3-12(7-13(8)16)18-14(19)9-4-10(15(20)21)6-11(17)5-9/h2-7,20-21H,1H3,(H,18,19). The lowest BCUT2D eigenvalue weighted by molar-refractivity contribution is 0.102. The van der Waals surface area contributed by atoms with E-state index >= 15 is 0 Å². The normalized spacial score (nSPS) is 10.3. The van der Waals surface area contributed by atoms with Crippen molar-refractivity contribution in [2.75, 3.05) is 5.32 Å². The molecule has 108 valence electrons. The molecule has 0 aliphatic heterocycles. The number of carbonyl (C=O) groups is 1. The monoisotopic (exact) mass is 307 g/mol. The lowest BCUT2D eigenvalue weighted by Gasteiger charge is -2.08. The highest BCUT2D eigenvalue weighted by atomic mass is 35.5. The second kappa shape index (κ2) is 6.26. The van der Waals surface area contributed by atoms with Crippen LogP contribution in [0.5, 0.6) is 0 Å². The minimum atomic E-state index is -1.85. The molecule has 4 nitrogen and oxygen atoms in total. The van der Waals surface area contributed by atoms with Crippen molar-refractivity contribution in [2.24, 2.45) is 0 Å². The molecule has 3 N–H and O–H groups in total. The van der Waals surface area contributed by atoms with E-state index in [1.165, 1.54) is 6.07 Å². The van der Waals surface area contributed by atoms with E-state index in [0.29, 0.717) is 10.7 Å². The molecule has 0 unspecified atom stereocenters. The van der Waals surface area contributed by atoms with Gasteiger partial charge in [-0.15, -0.1) is 0 Å². The van der Waals surface area contributed by atoms with Gasteiger partial charge in [0.05, 0.1) is 0 Å². The summed E-state index contributed by atoms with van der Waals surface area (Å²) >= 11 is 5.96. The largest absolute Gasteiger partial charge is 0.488 e. The second-order valence-electron chi connectivity index (χ2n) is 4.56. The Morgan fingerprint density at radius 2 is 1.95 bits per heavy atom. The number of anilines is 1. The Kier molecular flexibility index (Phi) is 4.62. The van der Waals surface area contributed by atoms with Gasteiger partial charge in [-0.2, -0.15) is 0 Å². The number of hydrogen-bond donors (Lipinski definition) is 3. The number of carbonyl (C=O) groups excluding carboxylic acids is 1. The van der Waals surface area contributed by atoms with Gasteiger partial charge in [0.25, 0.3) is 5.91 Å². The smallest absolute Gasteiger partial charge is 0.423 e. The molecule has 2 aromatic carbocycles. The summed E-state index contributed by atoms with van der Waals surface area (Å²) < 4.78 is 13.4. The minimum Gasteiger partial charge on any atom is -0.423 e. The molecule has 0 radical (unpaired) electrons. The summed E-state index contributed by atoms with van der Waals surface area (Å²) in [5.74, 6) is -1.30. The molecule has 0 spiro atoms. The van der Waals surface area contributed by atoms with Crippen LogP contribution in [-0.4, -0.2) is 23.1 Å². The van der Waals surface area contributed by atoms with Crippen molar-refractivity contribution in [3.05, 3.63) is 58.4 Å². The first-order valence-electron chi connectivity index (χ1n) is 6.11. The quantitative estimate of drug-likeness (QED) is 0.756. The van der Waals surface area contributed by atoms with Gasteiger partial charge < -0.3 is 15.4 Å². The van der Waals surface area contributed by atoms with E-state index in [9.17, 15) is 9.18 Å². The van der Waals surface area contributed by atoms with Gasteiger partial charge in [0.1, 0.15) is 5.82 Å². The third-order valence-corrected chi connectivity index (χ3v) is 3.32. The number of rotatable bonds is 3. The highest BCUT2D eigenvalue weighted by Crippen LogP contribution is 2.20. The molecule has 2 rings (SSSR count). The lowest BCUT2D eigenvalue weighted by Crippen LogP contribution is -2.31. The second-order valence-corrected chi connectivity index (χ2v) is 4.97. The van der Waals surface area contributed by atoms with Crippen molar-refractivity contribution >= 4 is 35.8 Å². The molecule has 0 atom stereocenters. The van der Waals surface area contributed by atoms with Crippen molar-refractivity contribution in [1.82, 2.24) is 0 Å². The van der Waals surface area contributed by atoms with Gasteiger partial charge in [-0.25, -0.2) is 4.39 Å². The predicted octanol–water partition coefficient (Wildman–Crippen LogP) is 1.72. The van der Waals surface area contributed by atoms with Crippen LogP contribution >= 0.6 is 11.6 Å². The average molecular weight is 308 g/mol. The van der Waals surface area contributed by atoms with E-state index in [0.717, 1.165) is 17.7 Å². The van der Waals surface area contributed by atoms with Gasteiger partial charge in [-0.3, -0.25) is 4.79 Å². The van der Waals surface area contributed by atoms with Crippen LogP contribution in [0.4, 0.5) is 10.1 Å². The minimum absolute atomic E-state index is 0.0187. The van der Waals surface area contributed by atoms with Crippen LogP contribution in [0, 0.1) is 12.7 Å². The Labute approximate surface area is 126 Å². The number of amides is 1. The molecule has 0 aliphatic rings. The van der Waals surface area contributed by atoms with Crippen molar-refractivity contribution in [2.45, 2.75) is 6.92 Å². The topological polar surface area (TPSA) is 69.6 Å². The van der Waals surface area contributed by atoms with Crippen LogP contribution in [-0.2, 0) is 0 Å². The van der Waals surface area contributed by atoms with Gasteiger partial charge in [-0.05, 0) is 48.3 Å². The highest BCUT2D eigenvalue weighted by Gasteiger charge is 2.16. The molecule has 2 aromatic rings. The van der Waals surface area contributed by atoms with Crippen LogP contribution in [0.2, 0.25) is 5.02 Å². The fourth-order valence-electron chi connectivity index (χ4n) is 1.77. The van der Waals surface area contributed by atoms with E-state index in [1.54, 1.807) is 18.2 Å². The van der Waals surface area contributed by atoms with Crippen LogP contribution in [0.15, 0.2) is 36.4 Å². The number of halogens is 2. The number of hydrogen-bond acceptors (Lipinski definition) is 3. The molecule has 0 heterocycles. The van der Waals surface area contributed by atoms with Crippen molar-refractivity contribution in [3.8, 4) is 0 Å². The molecule has 0 saturated carbocycles. The zero-order valence-corrected chi connectivity index (χ0v) is 11.9. The van der Waals surface area contributed by atoms with Gasteiger partial charge in [0, 0.05) is 16.3 Å². The average Bonchev–Trinajstić information content (AvgIpc) is 2.42. The zero-order valence-electron chi connectivity index (χ0n) is 11.1. The fraction of sp³-hybridized carbons (Fsp3) is 0.0714. The van der Waals surface area contributed by atoms with Gasteiger partial charge in [0.2, 0.25) is 0 Å². The van der Waals surface area contributed by atoms with Crippen LogP contribution in [0.1, 0.15) is 15.9 Å². The van der Waals surface area contributed by atoms with Gasteiger partial charge in [0.15, 0.2) is 0 Å². The Morgan fingerprint density at radius 1 is 1.24 bits per heavy atom. The van der Waals surface area contributed by atoms with Crippen LogP contribution in [0.3, 0.4) is 0 Å². The molecule has 0 aliphatic carbocycles. The Balaban J connectivity index is 2.25. The van der Waals surface area contributed by atoms with E-state index in [-0.39, 0.29) is 11.0 Å². The first-order valence-corrected chi connectivity index (χ1v) is 6.49. The number of aryl methyl sites for hydroxylation is 1. The third-order valence-electron chi connectivity index (χ3n) is 2.91. The summed E-state index contributed by atoms with van der Waals surface area (Å²) in [6.07, 6.45) is 0. The van der Waals surface area contributed by atoms with Crippen LogP contribution in [0.25, 0.3) is 0 Å². The van der Waals surface area contributed by atoms with Crippen molar-refractivity contribution < 1.29 is 19.2 Å². The lowest BCUT2D eigenvalue weighted by atomic mass is 9.79. The molecule has 0 bridgehead atoms. The Bertz CT molecular complexity index is 694. The number of nitrogens with one attached hydrogen (secondary N) is 1. The SMILES string of the molecule is Cc1ccc(NC(=O)c2cc(F)cc(B(O)O)c2)cc1Cl. The predicted molar refractivity (Wildman–Crippen MR) is 80.4 cm³/mol. The van der Waals surface area contributed by atoms with E-state index in [1.807, 2.05) is 6.92 Å². The maximum absolute atomic E-state index is 13.4. The summed E-state index contributed by atoms with van der Waals surface area (Å²) in [4.78, 5) is 12.1. The molecule has 21 heavy (non-hydrogen) atoms. The van der Waals surface area contributed by atoms with E-state index < -0.39 is 18.8 Å².